The Morgan fingerprint density at radius 1 is 1.21 bits per heavy atom. The lowest BCUT2D eigenvalue weighted by atomic mass is 10.0. The van der Waals surface area contributed by atoms with Crippen molar-refractivity contribution in [1.82, 2.24) is 20.2 Å². The van der Waals surface area contributed by atoms with Crippen LogP contribution >= 0.6 is 11.3 Å². The molecule has 1 aromatic carbocycles. The third-order valence-electron chi connectivity index (χ3n) is 4.81. The summed E-state index contributed by atoms with van der Waals surface area (Å²) in [5, 5.41) is 11.1. The lowest BCUT2D eigenvalue weighted by molar-refractivity contribution is -0.120. The van der Waals surface area contributed by atoms with Gasteiger partial charge in [0.05, 0.1) is 12.1 Å². The summed E-state index contributed by atoms with van der Waals surface area (Å²) in [5.74, 6) is -0.590. The first-order chi connectivity index (χ1) is 15.6. The highest BCUT2D eigenvalue weighted by Gasteiger charge is 2.26. The van der Waals surface area contributed by atoms with E-state index in [-0.39, 0.29) is 18.7 Å². The van der Waals surface area contributed by atoms with Crippen molar-refractivity contribution in [2.24, 2.45) is 7.05 Å². The second-order valence-corrected chi connectivity index (χ2v) is 9.53. The molecule has 3 N–H and O–H groups in total. The van der Waals surface area contributed by atoms with E-state index in [1.807, 2.05) is 42.1 Å². The summed E-state index contributed by atoms with van der Waals surface area (Å²) in [7, 11) is 3.49. The van der Waals surface area contributed by atoms with Gasteiger partial charge < -0.3 is 25.3 Å². The number of benzene rings is 1. The highest BCUT2D eigenvalue weighted by Crippen LogP contribution is 2.23. The van der Waals surface area contributed by atoms with E-state index < -0.39 is 23.6 Å². The van der Waals surface area contributed by atoms with Gasteiger partial charge in [0.2, 0.25) is 11.8 Å². The third-order valence-corrected chi connectivity index (χ3v) is 5.62. The summed E-state index contributed by atoms with van der Waals surface area (Å²) in [6, 6.07) is 6.98. The number of nitrogens with one attached hydrogen (secondary N) is 3. The molecule has 3 aromatic rings. The molecule has 2 aromatic heterocycles. The number of thiazole rings is 1. The van der Waals surface area contributed by atoms with Crippen molar-refractivity contribution in [3.05, 3.63) is 47.1 Å². The molecule has 0 aliphatic heterocycles. The monoisotopic (exact) mass is 471 g/mol. The number of para-hydroxylation sites is 1. The molecular weight excluding hydrogens is 442 g/mol. The molecule has 3 amide bonds. The number of ether oxygens (including phenoxy) is 1. The van der Waals surface area contributed by atoms with Crippen LogP contribution in [0.1, 0.15) is 32.0 Å². The second kappa shape index (κ2) is 10.0. The molecular formula is C23H29N5O4S. The predicted molar refractivity (Wildman–Crippen MR) is 128 cm³/mol. The Morgan fingerprint density at radius 3 is 2.64 bits per heavy atom. The summed E-state index contributed by atoms with van der Waals surface area (Å²) in [6.07, 6.45) is 1.66. The second-order valence-electron chi connectivity index (χ2n) is 8.67. The number of hydrogen-bond donors (Lipinski definition) is 3. The normalized spacial score (nSPS) is 12.3. The van der Waals surface area contributed by atoms with Gasteiger partial charge in [0.1, 0.15) is 11.6 Å². The van der Waals surface area contributed by atoms with Crippen LogP contribution in [0.3, 0.4) is 0 Å². The van der Waals surface area contributed by atoms with Crippen molar-refractivity contribution in [1.29, 1.82) is 0 Å². The first kappa shape index (κ1) is 24.2. The molecule has 1 unspecified atom stereocenters. The quantitative estimate of drug-likeness (QED) is 0.490. The van der Waals surface area contributed by atoms with Gasteiger partial charge in [0, 0.05) is 43.0 Å². The minimum absolute atomic E-state index is 0.123. The topological polar surface area (TPSA) is 114 Å². The van der Waals surface area contributed by atoms with Gasteiger partial charge in [-0.05, 0) is 32.4 Å². The molecule has 3 rings (SSSR count). The van der Waals surface area contributed by atoms with E-state index in [4.69, 9.17) is 4.74 Å². The highest BCUT2D eigenvalue weighted by atomic mass is 32.1. The number of amides is 3. The average molecular weight is 472 g/mol. The highest BCUT2D eigenvalue weighted by molar-refractivity contribution is 7.13. The van der Waals surface area contributed by atoms with Crippen molar-refractivity contribution < 1.29 is 19.1 Å². The van der Waals surface area contributed by atoms with Crippen molar-refractivity contribution >= 4 is 45.3 Å². The molecule has 2 heterocycles. The van der Waals surface area contributed by atoms with Gasteiger partial charge >= 0.3 is 6.09 Å². The van der Waals surface area contributed by atoms with Crippen LogP contribution in [0.15, 0.2) is 35.8 Å². The van der Waals surface area contributed by atoms with Crippen molar-refractivity contribution in [2.75, 3.05) is 12.4 Å². The van der Waals surface area contributed by atoms with Crippen LogP contribution < -0.4 is 16.0 Å². The molecule has 0 spiro atoms. The molecule has 9 nitrogen and oxygen atoms in total. The van der Waals surface area contributed by atoms with Gasteiger partial charge in [-0.2, -0.15) is 0 Å². The number of carbonyl (C=O) groups is 3. The van der Waals surface area contributed by atoms with Crippen LogP contribution in [0, 0.1) is 0 Å². The molecule has 0 bridgehead atoms. The number of aromatic nitrogens is 2. The number of nitrogens with zero attached hydrogens (tertiary/aromatic N) is 2. The van der Waals surface area contributed by atoms with Crippen molar-refractivity contribution in [3.63, 3.8) is 0 Å². The van der Waals surface area contributed by atoms with E-state index >= 15 is 0 Å². The fourth-order valence-corrected chi connectivity index (χ4v) is 4.07. The number of fused-ring (bicyclic) bond motifs is 1. The number of aryl methyl sites for hydroxylation is 1. The third kappa shape index (κ3) is 6.55. The van der Waals surface area contributed by atoms with E-state index in [0.29, 0.717) is 10.8 Å². The number of carbonyl (C=O) groups excluding carboxylic acids is 3. The largest absolute Gasteiger partial charge is 0.444 e. The van der Waals surface area contributed by atoms with Gasteiger partial charge in [-0.1, -0.05) is 18.2 Å². The maximum absolute atomic E-state index is 13.1. The van der Waals surface area contributed by atoms with Crippen LogP contribution in [0.2, 0.25) is 0 Å². The Hall–Kier alpha value is -3.40. The van der Waals surface area contributed by atoms with Crippen LogP contribution in [0.5, 0.6) is 0 Å². The number of hydrogen-bond acceptors (Lipinski definition) is 6. The molecule has 0 aliphatic rings. The molecule has 176 valence electrons. The minimum Gasteiger partial charge on any atom is -0.444 e. The smallest absolute Gasteiger partial charge is 0.408 e. The standard InChI is InChI=1S/C23H29N5O4S/c1-23(2,3)32-22(31)26-17(10-14-12-28(5)18-9-7-6-8-16(14)18)20(30)27-21-25-15(13-33-21)11-19(29)24-4/h6-9,12-13,17H,10-11H2,1-5H3,(H,24,29)(H,26,31)(H,25,27,30). The Labute approximate surface area is 196 Å². The maximum Gasteiger partial charge on any atom is 0.408 e. The van der Waals surface area contributed by atoms with Crippen molar-refractivity contribution in [3.8, 4) is 0 Å². The molecule has 10 heteroatoms. The molecule has 0 fully saturated rings. The summed E-state index contributed by atoms with van der Waals surface area (Å²) >= 11 is 1.22. The van der Waals surface area contributed by atoms with Gasteiger partial charge in [0.25, 0.3) is 0 Å². The molecule has 33 heavy (non-hydrogen) atoms. The zero-order chi connectivity index (χ0) is 24.2. The summed E-state index contributed by atoms with van der Waals surface area (Å²) < 4.78 is 7.35. The molecule has 0 saturated heterocycles. The predicted octanol–water partition coefficient (Wildman–Crippen LogP) is 3.00. The van der Waals surface area contributed by atoms with Gasteiger partial charge in [-0.15, -0.1) is 11.3 Å². The minimum atomic E-state index is -0.892. The summed E-state index contributed by atoms with van der Waals surface area (Å²) in [4.78, 5) is 41.5. The Kier molecular flexibility index (Phi) is 7.37. The number of anilines is 1. The van der Waals surface area contributed by atoms with E-state index in [0.717, 1.165) is 16.5 Å². The summed E-state index contributed by atoms with van der Waals surface area (Å²) in [6.45, 7) is 5.28. The molecule has 0 radical (unpaired) electrons. The number of likely N-dealkylation sites (N-methyl/N-ethyl adjacent to an activating group) is 1. The first-order valence-corrected chi connectivity index (χ1v) is 11.4. The van der Waals surface area contributed by atoms with Crippen molar-refractivity contribution in [2.45, 2.75) is 45.3 Å². The number of alkyl carbamates (subject to hydrolysis) is 1. The maximum atomic E-state index is 13.1. The molecule has 1 atom stereocenters. The Balaban J connectivity index is 1.81. The van der Waals surface area contributed by atoms with Crippen LogP contribution in [0.25, 0.3) is 10.9 Å². The van der Waals surface area contributed by atoms with E-state index in [1.54, 1.807) is 33.2 Å². The van der Waals surface area contributed by atoms with E-state index in [9.17, 15) is 14.4 Å². The van der Waals surface area contributed by atoms with Gasteiger partial charge in [-0.25, -0.2) is 9.78 Å². The average Bonchev–Trinajstić information content (AvgIpc) is 3.30. The lowest BCUT2D eigenvalue weighted by Gasteiger charge is -2.23. The fourth-order valence-electron chi connectivity index (χ4n) is 3.36. The van der Waals surface area contributed by atoms with Crippen LogP contribution in [-0.4, -0.2) is 46.1 Å². The molecule has 0 aliphatic carbocycles. The zero-order valence-corrected chi connectivity index (χ0v) is 20.2. The SMILES string of the molecule is CNC(=O)Cc1csc(NC(=O)C(Cc2cn(C)c3ccccc23)NC(=O)OC(C)(C)C)n1. The Morgan fingerprint density at radius 2 is 1.94 bits per heavy atom. The summed E-state index contributed by atoms with van der Waals surface area (Å²) in [5.41, 5.74) is 1.81. The van der Waals surface area contributed by atoms with Gasteiger partial charge in [-0.3, -0.25) is 9.59 Å². The molecule has 0 saturated carbocycles. The fraction of sp³-hybridized carbons (Fsp3) is 0.391. The van der Waals surface area contributed by atoms with Crippen LogP contribution in [0.4, 0.5) is 9.93 Å². The van der Waals surface area contributed by atoms with E-state index in [1.165, 1.54) is 11.3 Å². The lowest BCUT2D eigenvalue weighted by Crippen LogP contribution is -2.47. The van der Waals surface area contributed by atoms with Gasteiger partial charge in [0.15, 0.2) is 5.13 Å². The zero-order valence-electron chi connectivity index (χ0n) is 19.4. The Bertz CT molecular complexity index is 1160. The first-order valence-electron chi connectivity index (χ1n) is 10.5. The number of rotatable bonds is 7. The van der Waals surface area contributed by atoms with Crippen LogP contribution in [-0.2, 0) is 34.2 Å². The van der Waals surface area contributed by atoms with E-state index in [2.05, 4.69) is 20.9 Å².